The van der Waals surface area contributed by atoms with Crippen LogP contribution < -0.4 is 10.1 Å². The van der Waals surface area contributed by atoms with Crippen molar-refractivity contribution in [2.75, 3.05) is 20.7 Å². The van der Waals surface area contributed by atoms with Crippen LogP contribution in [0.5, 0.6) is 5.88 Å². The Morgan fingerprint density at radius 2 is 2.26 bits per heavy atom. The standard InChI is InChI=1S/C13H22N4O2/c1-9-5-6-10(16(9)2)8-14-13(18)11-7-12(19-4)17(3)15-11/h7,9-10H,5-6,8H2,1-4H3,(H,14,18)/t9-,10-/m0/s1. The highest BCUT2D eigenvalue weighted by molar-refractivity contribution is 5.92. The molecule has 1 amide bonds. The molecule has 6 nitrogen and oxygen atoms in total. The number of carbonyl (C=O) groups excluding carboxylic acids is 1. The highest BCUT2D eigenvalue weighted by atomic mass is 16.5. The number of aromatic nitrogens is 2. The van der Waals surface area contributed by atoms with Crippen LogP contribution in [-0.2, 0) is 7.05 Å². The minimum Gasteiger partial charge on any atom is -0.481 e. The van der Waals surface area contributed by atoms with E-state index in [4.69, 9.17) is 4.74 Å². The number of ether oxygens (including phenoxy) is 1. The van der Waals surface area contributed by atoms with Crippen molar-refractivity contribution in [1.29, 1.82) is 0 Å². The lowest BCUT2D eigenvalue weighted by Crippen LogP contribution is -2.40. The molecule has 1 aromatic heterocycles. The van der Waals surface area contributed by atoms with Crippen molar-refractivity contribution < 1.29 is 9.53 Å². The highest BCUT2D eigenvalue weighted by Gasteiger charge is 2.27. The summed E-state index contributed by atoms with van der Waals surface area (Å²) in [4.78, 5) is 14.3. The van der Waals surface area contributed by atoms with E-state index in [9.17, 15) is 4.79 Å². The molecule has 1 N–H and O–H groups in total. The summed E-state index contributed by atoms with van der Waals surface area (Å²) in [5.74, 6) is 0.434. The average Bonchev–Trinajstić information content (AvgIpc) is 2.92. The summed E-state index contributed by atoms with van der Waals surface area (Å²) in [6.07, 6.45) is 2.32. The quantitative estimate of drug-likeness (QED) is 0.869. The molecule has 0 aromatic carbocycles. The van der Waals surface area contributed by atoms with Crippen molar-refractivity contribution in [2.24, 2.45) is 7.05 Å². The fourth-order valence-corrected chi connectivity index (χ4v) is 2.50. The Kier molecular flexibility index (Phi) is 4.09. The molecule has 2 atom stereocenters. The number of carbonyl (C=O) groups is 1. The predicted octanol–water partition coefficient (Wildman–Crippen LogP) is 0.641. The maximum Gasteiger partial charge on any atom is 0.271 e. The fourth-order valence-electron chi connectivity index (χ4n) is 2.50. The Labute approximate surface area is 113 Å². The van der Waals surface area contributed by atoms with E-state index in [1.54, 1.807) is 24.9 Å². The molecule has 1 aliphatic rings. The van der Waals surface area contributed by atoms with E-state index < -0.39 is 0 Å². The molecule has 1 saturated heterocycles. The number of nitrogens with zero attached hydrogens (tertiary/aromatic N) is 3. The van der Waals surface area contributed by atoms with Crippen LogP contribution in [0.3, 0.4) is 0 Å². The van der Waals surface area contributed by atoms with Gasteiger partial charge in [-0.1, -0.05) is 0 Å². The van der Waals surface area contributed by atoms with Crippen molar-refractivity contribution in [3.05, 3.63) is 11.8 Å². The third-order valence-corrected chi connectivity index (χ3v) is 3.97. The van der Waals surface area contributed by atoms with Crippen LogP contribution >= 0.6 is 0 Å². The van der Waals surface area contributed by atoms with Gasteiger partial charge in [-0.2, -0.15) is 5.10 Å². The summed E-state index contributed by atoms with van der Waals surface area (Å²) >= 11 is 0. The molecule has 1 fully saturated rings. The largest absolute Gasteiger partial charge is 0.481 e. The molecular weight excluding hydrogens is 244 g/mol. The lowest BCUT2D eigenvalue weighted by atomic mass is 10.2. The molecule has 1 aromatic rings. The molecule has 106 valence electrons. The van der Waals surface area contributed by atoms with Crippen LogP contribution in [0.15, 0.2) is 6.07 Å². The topological polar surface area (TPSA) is 59.4 Å². The van der Waals surface area contributed by atoms with Gasteiger partial charge < -0.3 is 10.1 Å². The van der Waals surface area contributed by atoms with Gasteiger partial charge in [-0.05, 0) is 26.8 Å². The number of rotatable bonds is 4. The third kappa shape index (κ3) is 2.89. The first-order chi connectivity index (χ1) is 9.02. The molecule has 19 heavy (non-hydrogen) atoms. The van der Waals surface area contributed by atoms with Crippen LogP contribution in [0.1, 0.15) is 30.3 Å². The van der Waals surface area contributed by atoms with E-state index in [0.717, 1.165) is 6.42 Å². The Bertz CT molecular complexity index is 457. The van der Waals surface area contributed by atoms with Crippen molar-refractivity contribution >= 4 is 5.91 Å². The van der Waals surface area contributed by atoms with E-state index in [1.807, 2.05) is 0 Å². The normalized spacial score (nSPS) is 23.6. The zero-order chi connectivity index (χ0) is 14.0. The van der Waals surface area contributed by atoms with E-state index in [1.165, 1.54) is 6.42 Å². The maximum absolute atomic E-state index is 12.0. The van der Waals surface area contributed by atoms with Gasteiger partial charge in [0.15, 0.2) is 5.69 Å². The molecule has 0 radical (unpaired) electrons. The third-order valence-electron chi connectivity index (χ3n) is 3.97. The van der Waals surface area contributed by atoms with Gasteiger partial charge in [0.05, 0.1) is 7.11 Å². The van der Waals surface area contributed by atoms with E-state index in [-0.39, 0.29) is 5.91 Å². The number of methoxy groups -OCH3 is 1. The van der Waals surface area contributed by atoms with Gasteiger partial charge >= 0.3 is 0 Å². The number of likely N-dealkylation sites (tertiary alicyclic amines) is 1. The number of hydrogen-bond donors (Lipinski definition) is 1. The van der Waals surface area contributed by atoms with Gasteiger partial charge in [-0.15, -0.1) is 0 Å². The molecule has 2 rings (SSSR count). The molecule has 0 saturated carbocycles. The predicted molar refractivity (Wildman–Crippen MR) is 72.3 cm³/mol. The van der Waals surface area contributed by atoms with Gasteiger partial charge in [0, 0.05) is 31.7 Å². The van der Waals surface area contributed by atoms with Crippen molar-refractivity contribution in [1.82, 2.24) is 20.0 Å². The smallest absolute Gasteiger partial charge is 0.271 e. The molecule has 2 heterocycles. The zero-order valence-electron chi connectivity index (χ0n) is 12.0. The van der Waals surface area contributed by atoms with Crippen LogP contribution in [0.25, 0.3) is 0 Å². The number of aryl methyl sites for hydroxylation is 1. The second kappa shape index (κ2) is 5.61. The lowest BCUT2D eigenvalue weighted by molar-refractivity contribution is 0.0935. The number of likely N-dealkylation sites (N-methyl/N-ethyl adjacent to an activating group) is 1. The molecule has 0 aliphatic carbocycles. The minimum absolute atomic E-state index is 0.146. The van der Waals surface area contributed by atoms with Crippen molar-refractivity contribution in [3.8, 4) is 5.88 Å². The molecule has 6 heteroatoms. The van der Waals surface area contributed by atoms with Crippen LogP contribution in [0, 0.1) is 0 Å². The Balaban J connectivity index is 1.90. The van der Waals surface area contributed by atoms with Crippen molar-refractivity contribution in [2.45, 2.75) is 31.8 Å². The van der Waals surface area contributed by atoms with E-state index in [2.05, 4.69) is 29.3 Å². The summed E-state index contributed by atoms with van der Waals surface area (Å²) in [7, 11) is 5.42. The van der Waals surface area contributed by atoms with Gasteiger partial charge in [0.25, 0.3) is 5.91 Å². The van der Waals surface area contributed by atoms with Gasteiger partial charge in [-0.25, -0.2) is 4.68 Å². The average molecular weight is 266 g/mol. The van der Waals surface area contributed by atoms with Gasteiger partial charge in [0.1, 0.15) is 0 Å². The highest BCUT2D eigenvalue weighted by Crippen LogP contribution is 2.21. The first kappa shape index (κ1) is 13.9. The van der Waals surface area contributed by atoms with Crippen LogP contribution in [-0.4, -0.2) is 53.4 Å². The maximum atomic E-state index is 12.0. The molecular formula is C13H22N4O2. The Morgan fingerprint density at radius 3 is 2.79 bits per heavy atom. The molecule has 0 bridgehead atoms. The summed E-state index contributed by atoms with van der Waals surface area (Å²) in [6, 6.07) is 2.66. The summed E-state index contributed by atoms with van der Waals surface area (Å²) < 4.78 is 6.65. The second-order valence-corrected chi connectivity index (χ2v) is 5.15. The lowest BCUT2D eigenvalue weighted by Gasteiger charge is -2.23. The van der Waals surface area contributed by atoms with Gasteiger partial charge in [0.2, 0.25) is 5.88 Å². The first-order valence-corrected chi connectivity index (χ1v) is 6.61. The number of amides is 1. The van der Waals surface area contributed by atoms with E-state index >= 15 is 0 Å². The Hall–Kier alpha value is -1.56. The van der Waals surface area contributed by atoms with Crippen LogP contribution in [0.4, 0.5) is 0 Å². The Morgan fingerprint density at radius 1 is 1.53 bits per heavy atom. The summed E-state index contributed by atoms with van der Waals surface area (Å²) in [5.41, 5.74) is 0.396. The fraction of sp³-hybridized carbons (Fsp3) is 0.692. The van der Waals surface area contributed by atoms with Crippen LogP contribution in [0.2, 0.25) is 0 Å². The van der Waals surface area contributed by atoms with Gasteiger partial charge in [-0.3, -0.25) is 9.69 Å². The van der Waals surface area contributed by atoms with E-state index in [0.29, 0.717) is 30.2 Å². The number of hydrogen-bond acceptors (Lipinski definition) is 4. The molecule has 1 aliphatic heterocycles. The zero-order valence-corrected chi connectivity index (χ0v) is 12.0. The number of nitrogens with one attached hydrogen (secondary N) is 1. The second-order valence-electron chi connectivity index (χ2n) is 5.15. The SMILES string of the molecule is COc1cc(C(=O)NC[C@@H]2CC[C@H](C)N2C)nn1C. The first-order valence-electron chi connectivity index (χ1n) is 6.61. The summed E-state index contributed by atoms with van der Waals surface area (Å²) in [6.45, 7) is 2.88. The molecule has 0 unspecified atom stereocenters. The summed E-state index contributed by atoms with van der Waals surface area (Å²) in [5, 5.41) is 7.07. The van der Waals surface area contributed by atoms with Crippen molar-refractivity contribution in [3.63, 3.8) is 0 Å². The molecule has 0 spiro atoms. The minimum atomic E-state index is -0.146. The monoisotopic (exact) mass is 266 g/mol.